The van der Waals surface area contributed by atoms with E-state index in [0.717, 1.165) is 34.9 Å². The summed E-state index contributed by atoms with van der Waals surface area (Å²) in [5, 5.41) is 0. The molecule has 2 aliphatic heterocycles. The Morgan fingerprint density at radius 2 is 1.45 bits per heavy atom. The minimum absolute atomic E-state index is 0.0899. The molecule has 2 nitrogen and oxygen atoms in total. The summed E-state index contributed by atoms with van der Waals surface area (Å²) in [6.45, 7) is 24.3. The van der Waals surface area contributed by atoms with Gasteiger partial charge in [0.1, 0.15) is 23.0 Å². The fourth-order valence-corrected chi connectivity index (χ4v) is 11.8. The molecule has 0 N–H and O–H groups in total. The molecule has 3 aromatic rings. The topological polar surface area (TPSA) is 18.5 Å². The van der Waals surface area contributed by atoms with Crippen LogP contribution in [0.4, 0.5) is 0 Å². The Morgan fingerprint density at radius 3 is 2.22 bits per heavy atom. The Morgan fingerprint density at radius 1 is 0.714 bits per heavy atom. The van der Waals surface area contributed by atoms with Crippen LogP contribution in [-0.2, 0) is 16.2 Å². The van der Waals surface area contributed by atoms with Crippen molar-refractivity contribution in [3.8, 4) is 17.2 Å². The molecule has 1 saturated carbocycles. The molecular weight excluding hydrogens is 595 g/mol. The predicted molar refractivity (Wildman–Crippen MR) is 205 cm³/mol. The lowest BCUT2D eigenvalue weighted by Gasteiger charge is -2.39. The lowest BCUT2D eigenvalue weighted by Crippen LogP contribution is -2.52. The second kappa shape index (κ2) is 9.74. The SMILES string of the molecule is CC1C(c2ccc3c(c2)Oc2cccc4c2B3C2=CCC(C)(c3ccc5c(c3)C(C)(C)CC5(C)C)C=C2O4)=CC=C2C1C(C)(C)CC2(C)C. The van der Waals surface area contributed by atoms with Gasteiger partial charge in [0, 0.05) is 10.9 Å². The van der Waals surface area contributed by atoms with Crippen LogP contribution in [0, 0.1) is 22.7 Å². The van der Waals surface area contributed by atoms with Gasteiger partial charge in [-0.2, -0.15) is 0 Å². The highest BCUT2D eigenvalue weighted by Crippen LogP contribution is 2.62. The molecule has 0 radical (unpaired) electrons. The third-order valence-corrected chi connectivity index (χ3v) is 13.5. The molecular formula is C46H51BO2. The monoisotopic (exact) mass is 646 g/mol. The fourth-order valence-electron chi connectivity index (χ4n) is 11.8. The van der Waals surface area contributed by atoms with Gasteiger partial charge in [-0.05, 0) is 116 Å². The number of ether oxygens (including phenoxy) is 2. The van der Waals surface area contributed by atoms with E-state index in [4.69, 9.17) is 9.47 Å². The van der Waals surface area contributed by atoms with E-state index < -0.39 is 0 Å². The zero-order chi connectivity index (χ0) is 34.5. The second-order valence-corrected chi connectivity index (χ2v) is 19.1. The van der Waals surface area contributed by atoms with Crippen molar-refractivity contribution in [2.75, 3.05) is 0 Å². The minimum atomic E-state index is -0.151. The van der Waals surface area contributed by atoms with Gasteiger partial charge in [-0.15, -0.1) is 0 Å². The summed E-state index contributed by atoms with van der Waals surface area (Å²) >= 11 is 0. The van der Waals surface area contributed by atoms with Crippen molar-refractivity contribution in [3.63, 3.8) is 0 Å². The van der Waals surface area contributed by atoms with Crippen molar-refractivity contribution < 1.29 is 9.47 Å². The second-order valence-electron chi connectivity index (χ2n) is 19.1. The van der Waals surface area contributed by atoms with Crippen molar-refractivity contribution in [1.82, 2.24) is 0 Å². The van der Waals surface area contributed by atoms with Gasteiger partial charge >= 0.3 is 0 Å². The van der Waals surface area contributed by atoms with E-state index in [2.05, 4.69) is 148 Å². The van der Waals surface area contributed by atoms with Crippen molar-refractivity contribution in [2.24, 2.45) is 22.7 Å². The van der Waals surface area contributed by atoms with Crippen molar-refractivity contribution in [1.29, 1.82) is 0 Å². The van der Waals surface area contributed by atoms with Crippen molar-refractivity contribution >= 4 is 23.2 Å². The van der Waals surface area contributed by atoms with Crippen LogP contribution in [0.2, 0.25) is 0 Å². The average molecular weight is 647 g/mol. The fraction of sp³-hybridized carbons (Fsp3) is 0.435. The summed E-state index contributed by atoms with van der Waals surface area (Å²) in [6.07, 6.45) is 13.1. The van der Waals surface area contributed by atoms with Gasteiger partial charge in [-0.1, -0.05) is 129 Å². The first-order chi connectivity index (χ1) is 23.0. The maximum absolute atomic E-state index is 6.79. The van der Waals surface area contributed by atoms with Crippen molar-refractivity contribution in [2.45, 2.75) is 105 Å². The van der Waals surface area contributed by atoms with Crippen LogP contribution in [0.25, 0.3) is 5.57 Å². The standard InChI is InChI=1S/C46H51BO2/c1-27-30(16-18-32-40(27)45(8,9)26-43(32,4)5)28-14-19-34-38(22-28)48-36-12-11-13-37-41(36)47(34)35-20-21-46(10,24-39(35)49-37)29-15-17-31-33(23-29)44(6,7)25-42(31,2)3/h11-20,22-24,27,40H,21,25-26H2,1-10H3. The van der Waals surface area contributed by atoms with Crippen LogP contribution >= 0.6 is 0 Å². The van der Waals surface area contributed by atoms with Crippen LogP contribution in [0.3, 0.4) is 0 Å². The molecule has 0 aromatic heterocycles. The quantitative estimate of drug-likeness (QED) is 0.258. The summed E-state index contributed by atoms with van der Waals surface area (Å²) < 4.78 is 13.5. The third kappa shape index (κ3) is 4.39. The molecule has 3 atom stereocenters. The van der Waals surface area contributed by atoms with E-state index in [1.165, 1.54) is 51.6 Å². The summed E-state index contributed by atoms with van der Waals surface area (Å²) in [6, 6.07) is 20.6. The molecule has 49 heavy (non-hydrogen) atoms. The molecule has 3 heteroatoms. The van der Waals surface area contributed by atoms with Crippen LogP contribution < -0.4 is 20.4 Å². The summed E-state index contributed by atoms with van der Waals surface area (Å²) in [5.74, 6) is 4.79. The lowest BCUT2D eigenvalue weighted by atomic mass is 9.33. The molecule has 4 aliphatic carbocycles. The molecule has 9 rings (SSSR count). The van der Waals surface area contributed by atoms with Crippen LogP contribution in [0.15, 0.2) is 95.7 Å². The lowest BCUT2D eigenvalue weighted by molar-refractivity contribution is 0.228. The number of rotatable bonds is 2. The van der Waals surface area contributed by atoms with Gasteiger partial charge in [0.25, 0.3) is 6.71 Å². The summed E-state index contributed by atoms with van der Waals surface area (Å²) in [4.78, 5) is 0. The van der Waals surface area contributed by atoms with Gasteiger partial charge in [-0.25, -0.2) is 0 Å². The number of hydrogen-bond donors (Lipinski definition) is 0. The number of fused-ring (bicyclic) bond motifs is 6. The molecule has 6 aliphatic rings. The Labute approximate surface area is 294 Å². The molecule has 3 unspecified atom stereocenters. The highest BCUT2D eigenvalue weighted by molar-refractivity contribution is 6.94. The Kier molecular flexibility index (Phi) is 6.22. The smallest absolute Gasteiger partial charge is 0.260 e. The van der Waals surface area contributed by atoms with E-state index in [1.807, 2.05) is 0 Å². The Balaban J connectivity index is 1.10. The highest BCUT2D eigenvalue weighted by atomic mass is 16.5. The van der Waals surface area contributed by atoms with Gasteiger partial charge in [0.15, 0.2) is 0 Å². The number of allylic oxidation sites excluding steroid dienone is 7. The Bertz CT molecular complexity index is 2100. The molecule has 2 heterocycles. The summed E-state index contributed by atoms with van der Waals surface area (Å²) in [5.41, 5.74) is 13.1. The zero-order valence-corrected chi connectivity index (χ0v) is 31.2. The Hall–Kier alpha value is -3.72. The van der Waals surface area contributed by atoms with E-state index >= 15 is 0 Å². The van der Waals surface area contributed by atoms with Crippen LogP contribution in [0.1, 0.15) is 111 Å². The van der Waals surface area contributed by atoms with Gasteiger partial charge in [-0.3, -0.25) is 0 Å². The molecule has 0 bridgehead atoms. The van der Waals surface area contributed by atoms with Gasteiger partial charge < -0.3 is 9.47 Å². The predicted octanol–water partition coefficient (Wildman–Crippen LogP) is 10.5. The zero-order valence-electron chi connectivity index (χ0n) is 31.2. The van der Waals surface area contributed by atoms with E-state index in [0.29, 0.717) is 11.8 Å². The highest BCUT2D eigenvalue weighted by Gasteiger charge is 2.52. The van der Waals surface area contributed by atoms with Crippen LogP contribution in [-0.4, -0.2) is 6.71 Å². The molecule has 0 spiro atoms. The molecule has 3 aromatic carbocycles. The third-order valence-electron chi connectivity index (χ3n) is 13.5. The van der Waals surface area contributed by atoms with Crippen LogP contribution in [0.5, 0.6) is 17.2 Å². The van der Waals surface area contributed by atoms with E-state index in [-0.39, 0.29) is 33.8 Å². The van der Waals surface area contributed by atoms with Gasteiger partial charge in [0.2, 0.25) is 0 Å². The first-order valence-electron chi connectivity index (χ1n) is 18.6. The molecule has 0 saturated heterocycles. The first kappa shape index (κ1) is 31.3. The maximum atomic E-state index is 6.79. The van der Waals surface area contributed by atoms with Gasteiger partial charge in [0.05, 0.1) is 0 Å². The average Bonchev–Trinajstić information content (AvgIpc) is 3.35. The van der Waals surface area contributed by atoms with Crippen molar-refractivity contribution in [3.05, 3.63) is 118 Å². The number of hydrogen-bond acceptors (Lipinski definition) is 2. The minimum Gasteiger partial charge on any atom is -0.459 e. The largest absolute Gasteiger partial charge is 0.459 e. The first-order valence-corrected chi connectivity index (χ1v) is 18.6. The maximum Gasteiger partial charge on any atom is 0.260 e. The normalized spacial score (nSPS) is 28.7. The molecule has 0 amide bonds. The molecule has 1 fully saturated rings. The summed E-state index contributed by atoms with van der Waals surface area (Å²) in [7, 11) is 0. The van der Waals surface area contributed by atoms with E-state index in [9.17, 15) is 0 Å². The van der Waals surface area contributed by atoms with E-state index in [1.54, 1.807) is 5.57 Å². The number of benzene rings is 3. The molecule has 250 valence electrons.